The maximum atomic E-state index is 12.0. The Morgan fingerprint density at radius 3 is 2.70 bits per heavy atom. The van der Waals surface area contributed by atoms with Gasteiger partial charge in [0.2, 0.25) is 0 Å². The predicted molar refractivity (Wildman–Crippen MR) is 78.4 cm³/mol. The van der Waals surface area contributed by atoms with Crippen LogP contribution in [0.2, 0.25) is 0 Å². The maximum Gasteiger partial charge on any atom is 0.341 e. The van der Waals surface area contributed by atoms with E-state index in [9.17, 15) is 9.59 Å². The molecular formula is C15H22N2O3. The predicted octanol–water partition coefficient (Wildman–Crippen LogP) is 2.04. The molecule has 0 saturated heterocycles. The molecule has 1 aromatic rings. The highest BCUT2D eigenvalue weighted by Crippen LogP contribution is 2.18. The summed E-state index contributed by atoms with van der Waals surface area (Å²) in [7, 11) is 0. The normalized spacial score (nSPS) is 11.8. The number of benzene rings is 1. The quantitative estimate of drug-likeness (QED) is 0.474. The van der Waals surface area contributed by atoms with E-state index in [0.717, 1.165) is 18.4 Å². The van der Waals surface area contributed by atoms with Gasteiger partial charge in [0.1, 0.15) is 0 Å². The third-order valence-corrected chi connectivity index (χ3v) is 2.99. The van der Waals surface area contributed by atoms with Gasteiger partial charge in [-0.15, -0.1) is 0 Å². The first kappa shape index (κ1) is 16.0. The fourth-order valence-corrected chi connectivity index (χ4v) is 1.77. The third kappa shape index (κ3) is 4.26. The van der Waals surface area contributed by atoms with Crippen molar-refractivity contribution in [2.75, 3.05) is 12.3 Å². The summed E-state index contributed by atoms with van der Waals surface area (Å²) in [6.45, 7) is 5.95. The summed E-state index contributed by atoms with van der Waals surface area (Å²) in [6, 6.07) is 5.18. The number of hydrogen-bond donors (Lipinski definition) is 2. The fourth-order valence-electron chi connectivity index (χ4n) is 1.77. The zero-order chi connectivity index (χ0) is 15.1. The molecule has 0 radical (unpaired) electrons. The van der Waals surface area contributed by atoms with Gasteiger partial charge in [-0.2, -0.15) is 0 Å². The van der Waals surface area contributed by atoms with E-state index in [2.05, 4.69) is 5.32 Å². The first-order chi connectivity index (χ1) is 9.47. The van der Waals surface area contributed by atoms with E-state index in [0.29, 0.717) is 17.8 Å². The Balaban J connectivity index is 2.64. The molecule has 0 aliphatic carbocycles. The average molecular weight is 278 g/mol. The number of anilines is 1. The molecule has 1 rings (SSSR count). The zero-order valence-corrected chi connectivity index (χ0v) is 12.2. The van der Waals surface area contributed by atoms with Gasteiger partial charge < -0.3 is 15.8 Å². The molecule has 1 aromatic carbocycles. The number of rotatable bonds is 6. The number of ether oxygens (including phenoxy) is 1. The van der Waals surface area contributed by atoms with Gasteiger partial charge in [0.25, 0.3) is 5.91 Å². The monoisotopic (exact) mass is 278 g/mol. The Morgan fingerprint density at radius 1 is 1.40 bits per heavy atom. The van der Waals surface area contributed by atoms with E-state index >= 15 is 0 Å². The number of esters is 1. The van der Waals surface area contributed by atoms with Crippen molar-refractivity contribution in [3.8, 4) is 0 Å². The van der Waals surface area contributed by atoms with Crippen LogP contribution in [0.4, 0.5) is 5.69 Å². The van der Waals surface area contributed by atoms with E-state index in [4.69, 9.17) is 10.5 Å². The van der Waals surface area contributed by atoms with Crippen LogP contribution in [0.25, 0.3) is 0 Å². The van der Waals surface area contributed by atoms with Gasteiger partial charge in [0.05, 0.1) is 5.56 Å². The number of aryl methyl sites for hydroxylation is 1. The van der Waals surface area contributed by atoms with Crippen LogP contribution in [-0.2, 0) is 9.53 Å². The van der Waals surface area contributed by atoms with Crippen LogP contribution >= 0.6 is 0 Å². The Labute approximate surface area is 119 Å². The van der Waals surface area contributed by atoms with Gasteiger partial charge in [-0.3, -0.25) is 4.79 Å². The smallest absolute Gasteiger partial charge is 0.341 e. The van der Waals surface area contributed by atoms with Gasteiger partial charge in [0.15, 0.2) is 6.10 Å². The number of amides is 1. The molecule has 1 atom stereocenters. The van der Waals surface area contributed by atoms with Crippen LogP contribution in [0.5, 0.6) is 0 Å². The summed E-state index contributed by atoms with van der Waals surface area (Å²) in [5.41, 5.74) is 7.18. The minimum absolute atomic E-state index is 0.293. The Hall–Kier alpha value is -2.04. The number of hydrogen-bond acceptors (Lipinski definition) is 4. The van der Waals surface area contributed by atoms with Crippen molar-refractivity contribution in [3.05, 3.63) is 29.3 Å². The maximum absolute atomic E-state index is 12.0. The van der Waals surface area contributed by atoms with Gasteiger partial charge in [-0.1, -0.05) is 25.5 Å². The standard InChI is InChI=1S/C15H22N2O3/c1-4-5-9-17-14(18)11(3)20-15(19)13-10(2)7-6-8-12(13)16/h6-8,11H,4-5,9,16H2,1-3H3,(H,17,18). The minimum Gasteiger partial charge on any atom is -0.449 e. The number of nitrogens with two attached hydrogens (primary N) is 1. The van der Waals surface area contributed by atoms with Crippen molar-refractivity contribution in [3.63, 3.8) is 0 Å². The molecule has 1 unspecified atom stereocenters. The number of nitrogen functional groups attached to an aromatic ring is 1. The molecule has 3 N–H and O–H groups in total. The first-order valence-corrected chi connectivity index (χ1v) is 6.81. The highest BCUT2D eigenvalue weighted by molar-refractivity contribution is 5.98. The second-order valence-electron chi connectivity index (χ2n) is 4.73. The van der Waals surface area contributed by atoms with Gasteiger partial charge in [-0.25, -0.2) is 4.79 Å². The van der Waals surface area contributed by atoms with Crippen molar-refractivity contribution < 1.29 is 14.3 Å². The van der Waals surface area contributed by atoms with Crippen molar-refractivity contribution in [1.29, 1.82) is 0 Å². The lowest BCUT2D eigenvalue weighted by Crippen LogP contribution is -2.36. The third-order valence-electron chi connectivity index (χ3n) is 2.99. The highest BCUT2D eigenvalue weighted by Gasteiger charge is 2.21. The van der Waals surface area contributed by atoms with E-state index in [1.54, 1.807) is 32.0 Å². The largest absolute Gasteiger partial charge is 0.449 e. The molecule has 5 nitrogen and oxygen atoms in total. The minimum atomic E-state index is -0.835. The average Bonchev–Trinajstić information content (AvgIpc) is 2.38. The summed E-state index contributed by atoms with van der Waals surface area (Å²) in [5.74, 6) is -0.863. The number of carbonyl (C=O) groups is 2. The molecule has 0 aliphatic heterocycles. The molecule has 0 spiro atoms. The molecule has 0 heterocycles. The van der Waals surface area contributed by atoms with E-state index in [1.807, 2.05) is 6.92 Å². The van der Waals surface area contributed by atoms with Crippen LogP contribution in [0.15, 0.2) is 18.2 Å². The van der Waals surface area contributed by atoms with Gasteiger partial charge in [0, 0.05) is 12.2 Å². The summed E-state index contributed by atoms with van der Waals surface area (Å²) in [6.07, 6.45) is 1.06. The fraction of sp³-hybridized carbons (Fsp3) is 0.467. The molecule has 110 valence electrons. The topological polar surface area (TPSA) is 81.4 Å². The van der Waals surface area contributed by atoms with Crippen molar-refractivity contribution in [2.45, 2.75) is 39.7 Å². The molecule has 5 heteroatoms. The Kier molecular flexibility index (Phi) is 6.03. The van der Waals surface area contributed by atoms with Gasteiger partial charge >= 0.3 is 5.97 Å². The van der Waals surface area contributed by atoms with Crippen LogP contribution in [0.1, 0.15) is 42.6 Å². The van der Waals surface area contributed by atoms with Crippen LogP contribution in [0.3, 0.4) is 0 Å². The van der Waals surface area contributed by atoms with E-state index in [1.165, 1.54) is 0 Å². The number of unbranched alkanes of at least 4 members (excludes halogenated alkanes) is 1. The van der Waals surface area contributed by atoms with Crippen LogP contribution < -0.4 is 11.1 Å². The molecule has 20 heavy (non-hydrogen) atoms. The highest BCUT2D eigenvalue weighted by atomic mass is 16.5. The lowest BCUT2D eigenvalue weighted by Gasteiger charge is -2.15. The van der Waals surface area contributed by atoms with E-state index < -0.39 is 12.1 Å². The van der Waals surface area contributed by atoms with Crippen LogP contribution in [-0.4, -0.2) is 24.5 Å². The lowest BCUT2D eigenvalue weighted by atomic mass is 10.1. The van der Waals surface area contributed by atoms with Crippen LogP contribution in [0, 0.1) is 6.92 Å². The van der Waals surface area contributed by atoms with Crippen molar-refractivity contribution in [1.82, 2.24) is 5.32 Å². The zero-order valence-electron chi connectivity index (χ0n) is 12.2. The first-order valence-electron chi connectivity index (χ1n) is 6.81. The Morgan fingerprint density at radius 2 is 2.10 bits per heavy atom. The number of nitrogens with one attached hydrogen (secondary N) is 1. The SMILES string of the molecule is CCCCNC(=O)C(C)OC(=O)c1c(C)cccc1N. The molecule has 0 aliphatic rings. The van der Waals surface area contributed by atoms with Crippen molar-refractivity contribution in [2.24, 2.45) is 0 Å². The summed E-state index contributed by atoms with van der Waals surface area (Å²) in [4.78, 5) is 23.8. The molecular weight excluding hydrogens is 256 g/mol. The summed E-state index contributed by atoms with van der Waals surface area (Å²) >= 11 is 0. The number of carbonyl (C=O) groups excluding carboxylic acids is 2. The molecule has 0 aromatic heterocycles. The molecule has 0 bridgehead atoms. The summed E-state index contributed by atoms with van der Waals surface area (Å²) < 4.78 is 5.16. The van der Waals surface area contributed by atoms with Gasteiger partial charge in [-0.05, 0) is 31.9 Å². The second kappa shape index (κ2) is 7.53. The van der Waals surface area contributed by atoms with Crippen molar-refractivity contribution >= 4 is 17.6 Å². The second-order valence-corrected chi connectivity index (χ2v) is 4.73. The summed E-state index contributed by atoms with van der Waals surface area (Å²) in [5, 5.41) is 2.72. The molecule has 1 amide bonds. The molecule has 0 fully saturated rings. The lowest BCUT2D eigenvalue weighted by molar-refractivity contribution is -0.129. The van der Waals surface area contributed by atoms with E-state index in [-0.39, 0.29) is 5.91 Å². The molecule has 0 saturated carbocycles. The Bertz CT molecular complexity index is 466.